The number of nitro benzene ring substituents is 1. The first-order chi connectivity index (χ1) is 8.90. The van der Waals surface area contributed by atoms with Gasteiger partial charge in [0.2, 0.25) is 10.0 Å². The molecule has 0 atom stereocenters. The molecule has 1 aliphatic rings. The van der Waals surface area contributed by atoms with Crippen LogP contribution in [0.5, 0.6) is 0 Å². The number of rotatable bonds is 4. The van der Waals surface area contributed by atoms with Crippen LogP contribution in [0.15, 0.2) is 23.1 Å². The SMILES string of the molecule is O=[N+]([O-])c1cc(F)ccc1S(=O)(=O)NC1CCCC1. The third-order valence-corrected chi connectivity index (χ3v) is 4.65. The first-order valence-electron chi connectivity index (χ1n) is 5.86. The van der Waals surface area contributed by atoms with Gasteiger partial charge in [0.05, 0.1) is 11.0 Å². The number of sulfonamides is 1. The molecule has 0 amide bonds. The Bertz CT molecular complexity index is 597. The number of hydrogen-bond donors (Lipinski definition) is 1. The normalized spacial score (nSPS) is 16.7. The summed E-state index contributed by atoms with van der Waals surface area (Å²) in [4.78, 5) is 9.41. The number of nitrogens with one attached hydrogen (secondary N) is 1. The fourth-order valence-electron chi connectivity index (χ4n) is 2.19. The van der Waals surface area contributed by atoms with Gasteiger partial charge < -0.3 is 0 Å². The Morgan fingerprint density at radius 3 is 2.53 bits per heavy atom. The lowest BCUT2D eigenvalue weighted by Gasteiger charge is -2.12. The molecule has 1 aromatic carbocycles. The van der Waals surface area contributed by atoms with Crippen molar-refractivity contribution in [3.8, 4) is 0 Å². The fraction of sp³-hybridized carbons (Fsp3) is 0.455. The van der Waals surface area contributed by atoms with Gasteiger partial charge in [-0.25, -0.2) is 17.5 Å². The summed E-state index contributed by atoms with van der Waals surface area (Å²) < 4.78 is 39.6. The second-order valence-corrected chi connectivity index (χ2v) is 6.15. The molecule has 6 nitrogen and oxygen atoms in total. The van der Waals surface area contributed by atoms with Crippen LogP contribution in [0.3, 0.4) is 0 Å². The maximum Gasteiger partial charge on any atom is 0.292 e. The van der Waals surface area contributed by atoms with Gasteiger partial charge in [-0.3, -0.25) is 10.1 Å². The van der Waals surface area contributed by atoms with E-state index in [2.05, 4.69) is 4.72 Å². The van der Waals surface area contributed by atoms with Crippen molar-refractivity contribution < 1.29 is 17.7 Å². The van der Waals surface area contributed by atoms with Gasteiger partial charge >= 0.3 is 0 Å². The first-order valence-corrected chi connectivity index (χ1v) is 7.35. The van der Waals surface area contributed by atoms with Gasteiger partial charge in [-0.15, -0.1) is 0 Å². The number of hydrogen-bond acceptors (Lipinski definition) is 4. The molecule has 1 saturated carbocycles. The predicted molar refractivity (Wildman–Crippen MR) is 65.6 cm³/mol. The molecule has 1 N–H and O–H groups in total. The molecule has 0 spiro atoms. The van der Waals surface area contributed by atoms with Crippen molar-refractivity contribution in [3.63, 3.8) is 0 Å². The minimum absolute atomic E-state index is 0.199. The minimum atomic E-state index is -3.99. The molecule has 0 aliphatic heterocycles. The van der Waals surface area contributed by atoms with E-state index < -0.39 is 31.3 Å². The van der Waals surface area contributed by atoms with Gasteiger partial charge in [0.1, 0.15) is 5.82 Å². The van der Waals surface area contributed by atoms with E-state index in [1.807, 2.05) is 0 Å². The van der Waals surface area contributed by atoms with Gasteiger partial charge in [-0.1, -0.05) is 12.8 Å². The quantitative estimate of drug-likeness (QED) is 0.677. The Morgan fingerprint density at radius 1 is 1.32 bits per heavy atom. The van der Waals surface area contributed by atoms with Crippen LogP contribution in [0.2, 0.25) is 0 Å². The molecule has 19 heavy (non-hydrogen) atoms. The van der Waals surface area contributed by atoms with E-state index in [9.17, 15) is 22.9 Å². The van der Waals surface area contributed by atoms with E-state index in [0.29, 0.717) is 18.9 Å². The smallest absolute Gasteiger partial charge is 0.258 e. The zero-order valence-corrected chi connectivity index (χ0v) is 10.8. The van der Waals surface area contributed by atoms with Crippen LogP contribution >= 0.6 is 0 Å². The van der Waals surface area contributed by atoms with Crippen molar-refractivity contribution in [1.29, 1.82) is 0 Å². The van der Waals surface area contributed by atoms with Crippen molar-refractivity contribution in [2.45, 2.75) is 36.6 Å². The van der Waals surface area contributed by atoms with E-state index in [1.54, 1.807) is 0 Å². The minimum Gasteiger partial charge on any atom is -0.258 e. The van der Waals surface area contributed by atoms with Crippen LogP contribution in [0.4, 0.5) is 10.1 Å². The average molecular weight is 288 g/mol. The van der Waals surface area contributed by atoms with Crippen LogP contribution in [-0.2, 0) is 10.0 Å². The summed E-state index contributed by atoms with van der Waals surface area (Å²) in [5, 5.41) is 10.8. The van der Waals surface area contributed by atoms with Crippen LogP contribution < -0.4 is 4.72 Å². The summed E-state index contributed by atoms with van der Waals surface area (Å²) in [6.07, 6.45) is 3.29. The van der Waals surface area contributed by atoms with Crippen LogP contribution in [0.1, 0.15) is 25.7 Å². The molecule has 0 radical (unpaired) electrons. The van der Waals surface area contributed by atoms with Gasteiger partial charge in [0.25, 0.3) is 5.69 Å². The number of benzene rings is 1. The zero-order valence-electron chi connectivity index (χ0n) is 10.0. The van der Waals surface area contributed by atoms with E-state index in [-0.39, 0.29) is 6.04 Å². The highest BCUT2D eigenvalue weighted by atomic mass is 32.2. The van der Waals surface area contributed by atoms with Crippen LogP contribution in [0.25, 0.3) is 0 Å². The van der Waals surface area contributed by atoms with Crippen molar-refractivity contribution in [1.82, 2.24) is 4.72 Å². The van der Waals surface area contributed by atoms with Crippen LogP contribution in [0, 0.1) is 15.9 Å². The molecule has 0 bridgehead atoms. The summed E-state index contributed by atoms with van der Waals surface area (Å²) in [6.45, 7) is 0. The third kappa shape index (κ3) is 3.07. The Hall–Kier alpha value is -1.54. The maximum absolute atomic E-state index is 13.0. The standard InChI is InChI=1S/C11H13FN2O4S/c12-8-5-6-11(10(7-8)14(15)16)19(17,18)13-9-3-1-2-4-9/h5-7,9,13H,1-4H2. The molecule has 8 heteroatoms. The molecule has 0 heterocycles. The van der Waals surface area contributed by atoms with E-state index in [0.717, 1.165) is 25.0 Å². The monoisotopic (exact) mass is 288 g/mol. The second-order valence-electron chi connectivity index (χ2n) is 4.47. The lowest BCUT2D eigenvalue weighted by Crippen LogP contribution is -2.33. The topological polar surface area (TPSA) is 89.3 Å². The Labute approximate surface area is 109 Å². The highest BCUT2D eigenvalue weighted by molar-refractivity contribution is 7.89. The molecule has 0 saturated heterocycles. The summed E-state index contributed by atoms with van der Waals surface area (Å²) >= 11 is 0. The molecule has 0 aromatic heterocycles. The Morgan fingerprint density at radius 2 is 1.95 bits per heavy atom. The lowest BCUT2D eigenvalue weighted by molar-refractivity contribution is -0.388. The van der Waals surface area contributed by atoms with Crippen LogP contribution in [-0.4, -0.2) is 19.4 Å². The average Bonchev–Trinajstić information content (AvgIpc) is 2.80. The van der Waals surface area contributed by atoms with E-state index in [4.69, 9.17) is 0 Å². The van der Waals surface area contributed by atoms with Crippen molar-refractivity contribution in [3.05, 3.63) is 34.1 Å². The highest BCUT2D eigenvalue weighted by Crippen LogP contribution is 2.26. The second kappa shape index (κ2) is 5.22. The van der Waals surface area contributed by atoms with E-state index in [1.165, 1.54) is 0 Å². The number of nitrogens with zero attached hydrogens (tertiary/aromatic N) is 1. The summed E-state index contributed by atoms with van der Waals surface area (Å²) in [6, 6.07) is 2.24. The van der Waals surface area contributed by atoms with Gasteiger partial charge in [-0.05, 0) is 25.0 Å². The van der Waals surface area contributed by atoms with E-state index >= 15 is 0 Å². The highest BCUT2D eigenvalue weighted by Gasteiger charge is 2.29. The zero-order chi connectivity index (χ0) is 14.0. The van der Waals surface area contributed by atoms with Crippen molar-refractivity contribution in [2.24, 2.45) is 0 Å². The first kappa shape index (κ1) is 13.9. The molecular weight excluding hydrogens is 275 g/mol. The lowest BCUT2D eigenvalue weighted by atomic mass is 10.3. The Balaban J connectivity index is 2.36. The van der Waals surface area contributed by atoms with Crippen molar-refractivity contribution in [2.75, 3.05) is 0 Å². The molecule has 1 fully saturated rings. The van der Waals surface area contributed by atoms with Crippen molar-refractivity contribution >= 4 is 15.7 Å². The van der Waals surface area contributed by atoms with Gasteiger partial charge in [0.15, 0.2) is 4.90 Å². The maximum atomic E-state index is 13.0. The fourth-order valence-corrected chi connectivity index (χ4v) is 3.64. The number of nitro groups is 1. The summed E-state index contributed by atoms with van der Waals surface area (Å²) in [7, 11) is -3.99. The molecule has 1 aliphatic carbocycles. The summed E-state index contributed by atoms with van der Waals surface area (Å²) in [5.74, 6) is -0.841. The number of halogens is 1. The predicted octanol–water partition coefficient (Wildman–Crippen LogP) is 1.95. The molecule has 0 unspecified atom stereocenters. The largest absolute Gasteiger partial charge is 0.292 e. The Kier molecular flexibility index (Phi) is 3.81. The van der Waals surface area contributed by atoms with Gasteiger partial charge in [0, 0.05) is 6.04 Å². The molecule has 2 rings (SSSR count). The molecule has 1 aromatic rings. The molecule has 104 valence electrons. The molecular formula is C11H13FN2O4S. The van der Waals surface area contributed by atoms with Gasteiger partial charge in [-0.2, -0.15) is 0 Å². The summed E-state index contributed by atoms with van der Waals surface area (Å²) in [5.41, 5.74) is -0.745. The third-order valence-electron chi connectivity index (χ3n) is 3.08.